The quantitative estimate of drug-likeness (QED) is 0.186. The number of thioether (sulfide) groups is 1. The maximum Gasteiger partial charge on any atom is 0.280 e. The fourth-order valence-corrected chi connectivity index (χ4v) is 4.49. The van der Waals surface area contributed by atoms with Crippen LogP contribution in [0.1, 0.15) is 5.76 Å². The molecule has 0 aliphatic carbocycles. The van der Waals surface area contributed by atoms with Crippen LogP contribution >= 0.6 is 11.8 Å². The summed E-state index contributed by atoms with van der Waals surface area (Å²) in [5.74, 6) is 0.542. The number of carbonyl (C=O) groups is 1. The van der Waals surface area contributed by atoms with E-state index in [0.29, 0.717) is 32.8 Å². The number of para-hydroxylation sites is 3. The van der Waals surface area contributed by atoms with Crippen molar-refractivity contribution in [1.82, 2.24) is 0 Å². The lowest BCUT2D eigenvalue weighted by Crippen LogP contribution is -2.28. The molecule has 1 saturated heterocycles. The van der Waals surface area contributed by atoms with Crippen molar-refractivity contribution < 1.29 is 14.1 Å². The van der Waals surface area contributed by atoms with Crippen molar-refractivity contribution in [3.05, 3.63) is 118 Å². The molecule has 0 bridgehead atoms. The largest absolute Gasteiger partial charge is 0.456 e. The summed E-state index contributed by atoms with van der Waals surface area (Å²) in [5.41, 5.74) is 1.77. The zero-order valence-electron chi connectivity index (χ0n) is 17.7. The summed E-state index contributed by atoms with van der Waals surface area (Å²) in [6.45, 7) is 0. The minimum absolute atomic E-state index is 0.0464. The number of hydrogen-bond donors (Lipinski definition) is 0. The molecule has 4 aromatic rings. The van der Waals surface area contributed by atoms with Gasteiger partial charge >= 0.3 is 0 Å². The van der Waals surface area contributed by atoms with E-state index in [1.165, 1.54) is 17.8 Å². The van der Waals surface area contributed by atoms with Crippen LogP contribution in [0.25, 0.3) is 17.4 Å². The number of carbonyl (C=O) groups excluding carboxylic acids is 1. The minimum Gasteiger partial charge on any atom is -0.456 e. The Morgan fingerprint density at radius 1 is 0.882 bits per heavy atom. The highest BCUT2D eigenvalue weighted by Gasteiger charge is 2.35. The third-order valence-electron chi connectivity index (χ3n) is 5.07. The lowest BCUT2D eigenvalue weighted by Gasteiger charge is -2.15. The molecular formula is C26H17N3O4S. The lowest BCUT2D eigenvalue weighted by molar-refractivity contribution is -0.384. The Hall–Kier alpha value is -4.43. The molecule has 1 fully saturated rings. The molecule has 7 nitrogen and oxygen atoms in total. The van der Waals surface area contributed by atoms with Crippen LogP contribution in [-0.2, 0) is 4.79 Å². The molecule has 0 atom stereocenters. The third kappa shape index (κ3) is 4.26. The Morgan fingerprint density at radius 3 is 2.29 bits per heavy atom. The first-order valence-corrected chi connectivity index (χ1v) is 11.2. The number of nitro benzene ring substituents is 1. The predicted octanol–water partition coefficient (Wildman–Crippen LogP) is 6.66. The van der Waals surface area contributed by atoms with Gasteiger partial charge in [0.15, 0.2) is 5.17 Å². The summed E-state index contributed by atoms with van der Waals surface area (Å²) in [6, 6.07) is 28.4. The van der Waals surface area contributed by atoms with Crippen molar-refractivity contribution in [2.24, 2.45) is 4.99 Å². The molecule has 1 aliphatic rings. The van der Waals surface area contributed by atoms with Crippen LogP contribution in [0, 0.1) is 10.1 Å². The number of nitrogens with zero attached hydrogens (tertiary/aromatic N) is 3. The number of anilines is 1. The Bertz CT molecular complexity index is 1430. The van der Waals surface area contributed by atoms with E-state index in [4.69, 9.17) is 4.42 Å². The topological polar surface area (TPSA) is 88.9 Å². The molecule has 0 unspecified atom stereocenters. The molecule has 8 heteroatoms. The van der Waals surface area contributed by atoms with Gasteiger partial charge in [-0.2, -0.15) is 0 Å². The maximum absolute atomic E-state index is 13.4. The first-order chi connectivity index (χ1) is 16.6. The highest BCUT2D eigenvalue weighted by atomic mass is 32.2. The monoisotopic (exact) mass is 467 g/mol. The summed E-state index contributed by atoms with van der Waals surface area (Å²) in [7, 11) is 0. The average molecular weight is 468 g/mol. The second-order valence-corrected chi connectivity index (χ2v) is 8.30. The van der Waals surface area contributed by atoms with Crippen molar-refractivity contribution in [2.75, 3.05) is 4.90 Å². The van der Waals surface area contributed by atoms with Gasteiger partial charge in [-0.1, -0.05) is 48.5 Å². The van der Waals surface area contributed by atoms with Gasteiger partial charge in [-0.25, -0.2) is 4.99 Å². The second kappa shape index (κ2) is 9.21. The molecule has 5 rings (SSSR count). The number of nitro groups is 1. The van der Waals surface area contributed by atoms with Crippen molar-refractivity contribution >= 4 is 46.0 Å². The third-order valence-corrected chi connectivity index (χ3v) is 6.04. The van der Waals surface area contributed by atoms with Gasteiger partial charge in [0.2, 0.25) is 0 Å². The van der Waals surface area contributed by atoms with Gasteiger partial charge in [0.1, 0.15) is 11.5 Å². The summed E-state index contributed by atoms with van der Waals surface area (Å²) in [6.07, 6.45) is 1.63. The molecule has 166 valence electrons. The van der Waals surface area contributed by atoms with E-state index in [9.17, 15) is 14.9 Å². The fourth-order valence-electron chi connectivity index (χ4n) is 3.51. The van der Waals surface area contributed by atoms with E-state index in [1.807, 2.05) is 60.7 Å². The number of amides is 1. The van der Waals surface area contributed by atoms with Crippen molar-refractivity contribution in [1.29, 1.82) is 0 Å². The van der Waals surface area contributed by atoms with Crippen molar-refractivity contribution in [3.63, 3.8) is 0 Å². The fraction of sp³-hybridized carbons (Fsp3) is 0. The Kier molecular flexibility index (Phi) is 5.80. The van der Waals surface area contributed by atoms with Gasteiger partial charge in [0, 0.05) is 12.1 Å². The molecule has 0 saturated carbocycles. The number of hydrogen-bond acceptors (Lipinski definition) is 6. The van der Waals surface area contributed by atoms with Crippen LogP contribution in [0.5, 0.6) is 0 Å². The smallest absolute Gasteiger partial charge is 0.280 e. The lowest BCUT2D eigenvalue weighted by atomic mass is 10.1. The van der Waals surface area contributed by atoms with Gasteiger partial charge in [0.05, 0.1) is 26.8 Å². The molecule has 34 heavy (non-hydrogen) atoms. The first-order valence-electron chi connectivity index (χ1n) is 10.4. The molecule has 1 aromatic heterocycles. The number of amidine groups is 1. The number of aliphatic imine (C=N–C) groups is 1. The summed E-state index contributed by atoms with van der Waals surface area (Å²) >= 11 is 1.24. The van der Waals surface area contributed by atoms with Crippen LogP contribution in [0.3, 0.4) is 0 Å². The van der Waals surface area contributed by atoms with Crippen LogP contribution in [-0.4, -0.2) is 16.0 Å². The highest BCUT2D eigenvalue weighted by Crippen LogP contribution is 2.38. The molecule has 0 radical (unpaired) electrons. The molecule has 0 N–H and O–H groups in total. The molecule has 1 aliphatic heterocycles. The standard InChI is InChI=1S/C26H17N3O4S/c30-25-24(17-20-15-16-23(33-20)21-13-7-8-14-22(21)29(31)32)34-26(27-18-9-3-1-4-10-18)28(25)19-11-5-2-6-12-19/h1-17H. The van der Waals surface area contributed by atoms with Crippen molar-refractivity contribution in [3.8, 4) is 11.3 Å². The van der Waals surface area contributed by atoms with Gasteiger partial charge < -0.3 is 4.42 Å². The first kappa shape index (κ1) is 21.4. The zero-order valence-corrected chi connectivity index (χ0v) is 18.5. The Balaban J connectivity index is 1.51. The Morgan fingerprint density at radius 2 is 1.56 bits per heavy atom. The van der Waals surface area contributed by atoms with Gasteiger partial charge in [-0.3, -0.25) is 19.8 Å². The SMILES string of the molecule is O=C1C(=Cc2ccc(-c3ccccc3[N+](=O)[O-])o2)SC(=Nc2ccccc2)N1c1ccccc1. The Labute approximate surface area is 199 Å². The van der Waals surface area contributed by atoms with Gasteiger partial charge in [0.25, 0.3) is 11.6 Å². The van der Waals surface area contributed by atoms with Crippen LogP contribution in [0.15, 0.2) is 111 Å². The van der Waals surface area contributed by atoms with E-state index >= 15 is 0 Å². The number of benzene rings is 3. The van der Waals surface area contributed by atoms with Crippen LogP contribution in [0.4, 0.5) is 17.1 Å². The van der Waals surface area contributed by atoms with E-state index in [0.717, 1.165) is 5.69 Å². The van der Waals surface area contributed by atoms with Crippen LogP contribution in [0.2, 0.25) is 0 Å². The second-order valence-electron chi connectivity index (χ2n) is 7.29. The van der Waals surface area contributed by atoms with Gasteiger partial charge in [-0.15, -0.1) is 0 Å². The van der Waals surface area contributed by atoms with E-state index in [2.05, 4.69) is 4.99 Å². The van der Waals surface area contributed by atoms with Gasteiger partial charge in [-0.05, 0) is 54.2 Å². The van der Waals surface area contributed by atoms with Crippen molar-refractivity contribution in [2.45, 2.75) is 0 Å². The molecule has 0 spiro atoms. The molecule has 1 amide bonds. The molecule has 3 aromatic carbocycles. The summed E-state index contributed by atoms with van der Waals surface area (Å²) < 4.78 is 5.86. The number of rotatable bonds is 5. The molecule has 2 heterocycles. The minimum atomic E-state index is -0.448. The van der Waals surface area contributed by atoms with Crippen LogP contribution < -0.4 is 4.90 Å². The number of furan rings is 1. The van der Waals surface area contributed by atoms with E-state index in [-0.39, 0.29) is 11.6 Å². The zero-order chi connectivity index (χ0) is 23.5. The predicted molar refractivity (Wildman–Crippen MR) is 134 cm³/mol. The summed E-state index contributed by atoms with van der Waals surface area (Å²) in [4.78, 5) is 31.0. The molecular weight excluding hydrogens is 450 g/mol. The normalized spacial score (nSPS) is 15.9. The van der Waals surface area contributed by atoms with E-state index in [1.54, 1.807) is 41.3 Å². The summed E-state index contributed by atoms with van der Waals surface area (Å²) in [5, 5.41) is 11.9. The van der Waals surface area contributed by atoms with E-state index < -0.39 is 4.92 Å². The maximum atomic E-state index is 13.4. The highest BCUT2D eigenvalue weighted by molar-refractivity contribution is 8.19. The average Bonchev–Trinajstić information content (AvgIpc) is 3.45.